The molecule has 33 heavy (non-hydrogen) atoms. The van der Waals surface area contributed by atoms with Crippen LogP contribution in [-0.2, 0) is 4.79 Å². The lowest BCUT2D eigenvalue weighted by Crippen LogP contribution is -2.30. The molecule has 6 heteroatoms. The topological polar surface area (TPSA) is 35.9 Å². The van der Waals surface area contributed by atoms with Crippen molar-refractivity contribution in [3.05, 3.63) is 99.9 Å². The van der Waals surface area contributed by atoms with Crippen LogP contribution in [0.15, 0.2) is 98.7 Å². The molecule has 1 amide bonds. The molecule has 1 unspecified atom stereocenters. The number of para-hydroxylation sites is 1. The maximum atomic E-state index is 13.9. The van der Waals surface area contributed by atoms with Crippen molar-refractivity contribution < 1.29 is 4.79 Å². The molecule has 2 heterocycles. The van der Waals surface area contributed by atoms with Gasteiger partial charge in [-0.05, 0) is 67.9 Å². The van der Waals surface area contributed by atoms with Gasteiger partial charge in [0.2, 0.25) is 0 Å². The molecule has 5 rings (SSSR count). The molecule has 1 atom stereocenters. The molecule has 3 aromatic rings. The number of carbonyl (C=O) groups excluding carboxylic acids is 1. The Morgan fingerprint density at radius 3 is 2.45 bits per heavy atom. The molecular weight excluding hydrogens is 446 g/mol. The van der Waals surface area contributed by atoms with Crippen LogP contribution in [0.3, 0.4) is 0 Å². The summed E-state index contributed by atoms with van der Waals surface area (Å²) in [6.07, 6.45) is 0. The van der Waals surface area contributed by atoms with E-state index in [4.69, 9.17) is 4.99 Å². The second kappa shape index (κ2) is 9.12. The van der Waals surface area contributed by atoms with Crippen LogP contribution in [0, 0.1) is 6.92 Å². The monoisotopic (exact) mass is 471 g/mol. The third kappa shape index (κ3) is 4.09. The van der Waals surface area contributed by atoms with E-state index in [9.17, 15) is 4.79 Å². The molecule has 0 N–H and O–H groups in total. The molecule has 166 valence electrons. The number of thioether (sulfide) groups is 2. The Morgan fingerprint density at radius 2 is 1.70 bits per heavy atom. The van der Waals surface area contributed by atoms with Crippen molar-refractivity contribution in [1.29, 1.82) is 0 Å². The zero-order valence-electron chi connectivity index (χ0n) is 18.9. The Hall–Kier alpha value is -2.96. The Balaban J connectivity index is 1.61. The number of hydrogen-bond donors (Lipinski definition) is 0. The summed E-state index contributed by atoms with van der Waals surface area (Å²) < 4.78 is 0. The highest BCUT2D eigenvalue weighted by Gasteiger charge is 2.40. The number of rotatable bonds is 4. The van der Waals surface area contributed by atoms with E-state index in [1.54, 1.807) is 16.7 Å². The standard InChI is InChI=1S/C27H25N3OS2/c1-4-29-22-15-8-9-16-23(22)32-26(29)24-25(31)30(21-14-10-11-18(2)17-21)27(33-24)28-19(3)20-12-6-5-7-13-20/h5-17,19H,4H2,1-3H3. The second-order valence-corrected chi connectivity index (χ2v) is 10.0. The average molecular weight is 472 g/mol. The number of benzene rings is 3. The van der Waals surface area contributed by atoms with Crippen molar-refractivity contribution in [3.63, 3.8) is 0 Å². The van der Waals surface area contributed by atoms with Crippen LogP contribution in [0.4, 0.5) is 11.4 Å². The third-order valence-electron chi connectivity index (χ3n) is 5.75. The molecule has 0 aromatic heterocycles. The first kappa shape index (κ1) is 21.9. The van der Waals surface area contributed by atoms with Gasteiger partial charge in [0.25, 0.3) is 5.91 Å². The van der Waals surface area contributed by atoms with Gasteiger partial charge in [-0.2, -0.15) is 0 Å². The highest BCUT2D eigenvalue weighted by Crippen LogP contribution is 2.51. The van der Waals surface area contributed by atoms with Crippen LogP contribution >= 0.6 is 23.5 Å². The van der Waals surface area contributed by atoms with Gasteiger partial charge in [0, 0.05) is 11.4 Å². The second-order valence-electron chi connectivity index (χ2n) is 8.03. The molecule has 0 spiro atoms. The Kier molecular flexibility index (Phi) is 6.04. The molecule has 2 aliphatic rings. The van der Waals surface area contributed by atoms with Gasteiger partial charge in [-0.3, -0.25) is 14.7 Å². The quantitative estimate of drug-likeness (QED) is 0.384. The fourth-order valence-electron chi connectivity index (χ4n) is 4.07. The fraction of sp³-hybridized carbons (Fsp3) is 0.185. The number of carbonyl (C=O) groups is 1. The van der Waals surface area contributed by atoms with Crippen LogP contribution in [0.1, 0.15) is 31.0 Å². The number of amidine groups is 1. The van der Waals surface area contributed by atoms with Crippen LogP contribution in [0.2, 0.25) is 0 Å². The van der Waals surface area contributed by atoms with Crippen molar-refractivity contribution >= 4 is 46.0 Å². The third-order valence-corrected chi connectivity index (χ3v) is 8.10. The molecule has 1 saturated heterocycles. The molecule has 1 fully saturated rings. The summed E-state index contributed by atoms with van der Waals surface area (Å²) in [5.74, 6) is -0.0154. The number of hydrogen-bond acceptors (Lipinski definition) is 5. The minimum atomic E-state index is -0.0612. The molecule has 0 bridgehead atoms. The lowest BCUT2D eigenvalue weighted by Gasteiger charge is -2.19. The Bertz CT molecular complexity index is 1270. The SMILES string of the molecule is CCN1C(=C2SC(=NC(C)c3ccccc3)N(c3cccc(C)c3)C2=O)Sc2ccccc21. The smallest absolute Gasteiger partial charge is 0.274 e. The van der Waals surface area contributed by atoms with E-state index in [-0.39, 0.29) is 11.9 Å². The molecule has 0 aliphatic carbocycles. The highest BCUT2D eigenvalue weighted by atomic mass is 32.2. The van der Waals surface area contributed by atoms with Crippen molar-refractivity contribution in [1.82, 2.24) is 0 Å². The summed E-state index contributed by atoms with van der Waals surface area (Å²) in [5, 5.41) is 1.71. The predicted molar refractivity (Wildman–Crippen MR) is 141 cm³/mol. The van der Waals surface area contributed by atoms with Crippen LogP contribution < -0.4 is 9.80 Å². The van der Waals surface area contributed by atoms with E-state index < -0.39 is 0 Å². The normalized spacial score (nSPS) is 20.0. The van der Waals surface area contributed by atoms with Gasteiger partial charge >= 0.3 is 0 Å². The largest absolute Gasteiger partial charge is 0.334 e. The predicted octanol–water partition coefficient (Wildman–Crippen LogP) is 6.99. The van der Waals surface area contributed by atoms with Gasteiger partial charge in [0.1, 0.15) is 9.93 Å². The number of aliphatic imine (C=N–C) groups is 1. The molecule has 0 radical (unpaired) electrons. The maximum absolute atomic E-state index is 13.9. The lowest BCUT2D eigenvalue weighted by molar-refractivity contribution is -0.113. The molecule has 4 nitrogen and oxygen atoms in total. The van der Waals surface area contributed by atoms with Gasteiger partial charge in [0.15, 0.2) is 5.17 Å². The van der Waals surface area contributed by atoms with Crippen molar-refractivity contribution in [2.45, 2.75) is 31.7 Å². The molecule has 0 saturated carbocycles. The van der Waals surface area contributed by atoms with Crippen molar-refractivity contribution in [2.75, 3.05) is 16.3 Å². The van der Waals surface area contributed by atoms with Gasteiger partial charge < -0.3 is 4.90 Å². The van der Waals surface area contributed by atoms with E-state index in [1.165, 1.54) is 16.7 Å². The minimum absolute atomic E-state index is 0.0154. The van der Waals surface area contributed by atoms with E-state index in [2.05, 4.69) is 43.0 Å². The summed E-state index contributed by atoms with van der Waals surface area (Å²) >= 11 is 3.15. The van der Waals surface area contributed by atoms with E-state index >= 15 is 0 Å². The van der Waals surface area contributed by atoms with Gasteiger partial charge in [-0.15, -0.1) is 0 Å². The van der Waals surface area contributed by atoms with E-state index in [1.807, 2.05) is 61.5 Å². The fourth-order valence-corrected chi connectivity index (χ4v) is 6.53. The van der Waals surface area contributed by atoms with Crippen molar-refractivity contribution in [2.24, 2.45) is 4.99 Å². The van der Waals surface area contributed by atoms with Crippen LogP contribution in [-0.4, -0.2) is 17.6 Å². The van der Waals surface area contributed by atoms with Crippen LogP contribution in [0.25, 0.3) is 0 Å². The maximum Gasteiger partial charge on any atom is 0.274 e. The zero-order valence-corrected chi connectivity index (χ0v) is 20.5. The van der Waals surface area contributed by atoms with Crippen LogP contribution in [0.5, 0.6) is 0 Å². The zero-order chi connectivity index (χ0) is 22.9. The number of fused-ring (bicyclic) bond motifs is 1. The summed E-state index contributed by atoms with van der Waals surface area (Å²) in [7, 11) is 0. The minimum Gasteiger partial charge on any atom is -0.334 e. The van der Waals surface area contributed by atoms with Crippen molar-refractivity contribution in [3.8, 4) is 0 Å². The first-order valence-corrected chi connectivity index (χ1v) is 12.7. The van der Waals surface area contributed by atoms with Gasteiger partial charge in [0.05, 0.1) is 17.4 Å². The Morgan fingerprint density at radius 1 is 0.939 bits per heavy atom. The molecular formula is C27H25N3OS2. The van der Waals surface area contributed by atoms with E-state index in [0.29, 0.717) is 0 Å². The molecule has 2 aliphatic heterocycles. The van der Waals surface area contributed by atoms with Gasteiger partial charge in [-0.25, -0.2) is 0 Å². The average Bonchev–Trinajstić information content (AvgIpc) is 3.36. The number of anilines is 2. The summed E-state index contributed by atoms with van der Waals surface area (Å²) in [6.45, 7) is 7.04. The summed E-state index contributed by atoms with van der Waals surface area (Å²) in [6, 6.07) is 26.5. The first-order valence-electron chi connectivity index (χ1n) is 11.1. The molecule has 3 aromatic carbocycles. The number of amides is 1. The van der Waals surface area contributed by atoms with Gasteiger partial charge in [-0.1, -0.05) is 66.4 Å². The number of aryl methyl sites for hydroxylation is 1. The lowest BCUT2D eigenvalue weighted by atomic mass is 10.1. The Labute approximate surface area is 203 Å². The summed E-state index contributed by atoms with van der Waals surface area (Å²) in [4.78, 5) is 24.8. The highest BCUT2D eigenvalue weighted by molar-refractivity contribution is 8.20. The van der Waals surface area contributed by atoms with E-state index in [0.717, 1.165) is 44.1 Å². The number of nitrogens with zero attached hydrogens (tertiary/aromatic N) is 3. The summed E-state index contributed by atoms with van der Waals surface area (Å²) in [5.41, 5.74) is 4.25. The first-order chi connectivity index (χ1) is 16.1.